The predicted octanol–water partition coefficient (Wildman–Crippen LogP) is 3.31. The zero-order valence-corrected chi connectivity index (χ0v) is 10.7. The Morgan fingerprint density at radius 3 is 2.81 bits per heavy atom. The molecule has 2 heteroatoms. The summed E-state index contributed by atoms with van der Waals surface area (Å²) in [6.45, 7) is 9.02. The van der Waals surface area contributed by atoms with Gasteiger partial charge in [-0.05, 0) is 23.5 Å². The first-order chi connectivity index (χ1) is 7.59. The van der Waals surface area contributed by atoms with Gasteiger partial charge in [-0.1, -0.05) is 32.9 Å². The number of hydrogen-bond donors (Lipinski definition) is 1. The summed E-state index contributed by atoms with van der Waals surface area (Å²) in [4.78, 5) is 2.40. The molecule has 0 aliphatic carbocycles. The van der Waals surface area contributed by atoms with Crippen LogP contribution in [0, 0.1) is 5.92 Å². The van der Waals surface area contributed by atoms with E-state index < -0.39 is 0 Å². The van der Waals surface area contributed by atoms with E-state index in [1.54, 1.807) is 0 Å². The Labute approximate surface area is 98.7 Å². The van der Waals surface area contributed by atoms with Gasteiger partial charge < -0.3 is 10.2 Å². The number of nitrogens with one attached hydrogen (secondary N) is 1. The van der Waals surface area contributed by atoms with Gasteiger partial charge in [-0.3, -0.25) is 0 Å². The molecule has 88 valence electrons. The van der Waals surface area contributed by atoms with Crippen molar-refractivity contribution in [3.8, 4) is 0 Å². The standard InChI is InChI=1S/C14H22N2/c1-10(2)12-6-5-7-13-14(12)16(4)9-11(3)8-15-13/h5-7,10-11,15H,8-9H2,1-4H3. The van der Waals surface area contributed by atoms with Crippen molar-refractivity contribution in [2.24, 2.45) is 5.92 Å². The average molecular weight is 218 g/mol. The second kappa shape index (κ2) is 4.36. The molecule has 0 saturated carbocycles. The lowest BCUT2D eigenvalue weighted by atomic mass is 9.99. The quantitative estimate of drug-likeness (QED) is 0.778. The lowest BCUT2D eigenvalue weighted by Gasteiger charge is -2.25. The van der Waals surface area contributed by atoms with Crippen LogP contribution >= 0.6 is 0 Å². The molecule has 1 heterocycles. The van der Waals surface area contributed by atoms with Gasteiger partial charge >= 0.3 is 0 Å². The van der Waals surface area contributed by atoms with E-state index in [4.69, 9.17) is 0 Å². The van der Waals surface area contributed by atoms with Crippen molar-refractivity contribution in [1.82, 2.24) is 0 Å². The fourth-order valence-electron chi connectivity index (χ4n) is 2.50. The number of anilines is 2. The van der Waals surface area contributed by atoms with Crippen molar-refractivity contribution in [2.75, 3.05) is 30.4 Å². The summed E-state index contributed by atoms with van der Waals surface area (Å²) in [7, 11) is 2.20. The molecule has 1 aliphatic heterocycles. The van der Waals surface area contributed by atoms with Gasteiger partial charge in [-0.2, -0.15) is 0 Å². The van der Waals surface area contributed by atoms with Crippen molar-refractivity contribution in [3.63, 3.8) is 0 Å². The van der Waals surface area contributed by atoms with Crippen molar-refractivity contribution in [2.45, 2.75) is 26.7 Å². The highest BCUT2D eigenvalue weighted by Gasteiger charge is 2.19. The molecule has 16 heavy (non-hydrogen) atoms. The second-order valence-electron chi connectivity index (χ2n) is 5.26. The van der Waals surface area contributed by atoms with Gasteiger partial charge in [0.25, 0.3) is 0 Å². The van der Waals surface area contributed by atoms with Crippen LogP contribution in [0.5, 0.6) is 0 Å². The molecule has 1 atom stereocenters. The van der Waals surface area contributed by atoms with Crippen LogP contribution in [0.3, 0.4) is 0 Å². The van der Waals surface area contributed by atoms with Gasteiger partial charge in [0, 0.05) is 20.1 Å². The molecule has 0 aromatic heterocycles. The molecule has 0 fully saturated rings. The fraction of sp³-hybridized carbons (Fsp3) is 0.571. The van der Waals surface area contributed by atoms with E-state index in [1.165, 1.54) is 16.9 Å². The second-order valence-corrected chi connectivity index (χ2v) is 5.26. The Kier molecular flexibility index (Phi) is 3.08. The third-order valence-corrected chi connectivity index (χ3v) is 3.30. The zero-order valence-electron chi connectivity index (χ0n) is 10.7. The summed E-state index contributed by atoms with van der Waals surface area (Å²) in [5.74, 6) is 1.27. The van der Waals surface area contributed by atoms with E-state index in [-0.39, 0.29) is 0 Å². The summed E-state index contributed by atoms with van der Waals surface area (Å²) in [5, 5.41) is 3.56. The van der Waals surface area contributed by atoms with Gasteiger partial charge in [-0.15, -0.1) is 0 Å². The number of fused-ring (bicyclic) bond motifs is 1. The maximum atomic E-state index is 3.56. The maximum Gasteiger partial charge on any atom is 0.0634 e. The number of hydrogen-bond acceptors (Lipinski definition) is 2. The highest BCUT2D eigenvalue weighted by molar-refractivity contribution is 5.75. The SMILES string of the molecule is CC1CNc2cccc(C(C)C)c2N(C)C1. The van der Waals surface area contributed by atoms with E-state index in [9.17, 15) is 0 Å². The topological polar surface area (TPSA) is 15.3 Å². The van der Waals surface area contributed by atoms with Gasteiger partial charge in [0.05, 0.1) is 11.4 Å². The summed E-state index contributed by atoms with van der Waals surface area (Å²) in [6, 6.07) is 6.60. The maximum absolute atomic E-state index is 3.56. The van der Waals surface area contributed by atoms with Crippen LogP contribution in [0.25, 0.3) is 0 Å². The summed E-state index contributed by atoms with van der Waals surface area (Å²) < 4.78 is 0. The summed E-state index contributed by atoms with van der Waals surface area (Å²) in [5.41, 5.74) is 4.13. The van der Waals surface area contributed by atoms with Gasteiger partial charge in [0.15, 0.2) is 0 Å². The molecule has 2 nitrogen and oxygen atoms in total. The van der Waals surface area contributed by atoms with Crippen LogP contribution in [0.15, 0.2) is 18.2 Å². The minimum Gasteiger partial charge on any atom is -0.383 e. The minimum absolute atomic E-state index is 0.576. The van der Waals surface area contributed by atoms with Crippen LogP contribution in [-0.2, 0) is 0 Å². The molecule has 1 unspecified atom stereocenters. The van der Waals surface area contributed by atoms with Crippen LogP contribution in [0.2, 0.25) is 0 Å². The molecule has 0 bridgehead atoms. The molecule has 0 spiro atoms. The molecule has 1 aromatic carbocycles. The average Bonchev–Trinajstić information content (AvgIpc) is 2.38. The molecule has 0 radical (unpaired) electrons. The summed E-state index contributed by atoms with van der Waals surface area (Å²) in [6.07, 6.45) is 0. The van der Waals surface area contributed by atoms with E-state index in [0.29, 0.717) is 11.8 Å². The van der Waals surface area contributed by atoms with Crippen molar-refractivity contribution >= 4 is 11.4 Å². The highest BCUT2D eigenvalue weighted by Crippen LogP contribution is 2.36. The predicted molar refractivity (Wildman–Crippen MR) is 71.5 cm³/mol. The molecule has 1 N–H and O–H groups in total. The number of rotatable bonds is 1. The normalized spacial score (nSPS) is 20.3. The Bertz CT molecular complexity index is 371. The first-order valence-corrected chi connectivity index (χ1v) is 6.17. The third-order valence-electron chi connectivity index (χ3n) is 3.30. The molecule has 0 saturated heterocycles. The zero-order chi connectivity index (χ0) is 11.7. The minimum atomic E-state index is 0.576. The monoisotopic (exact) mass is 218 g/mol. The Balaban J connectivity index is 2.47. The van der Waals surface area contributed by atoms with Crippen molar-refractivity contribution in [3.05, 3.63) is 23.8 Å². The van der Waals surface area contributed by atoms with Gasteiger partial charge in [0.2, 0.25) is 0 Å². The van der Waals surface area contributed by atoms with Crippen LogP contribution < -0.4 is 10.2 Å². The van der Waals surface area contributed by atoms with E-state index >= 15 is 0 Å². The van der Waals surface area contributed by atoms with Gasteiger partial charge in [-0.25, -0.2) is 0 Å². The lowest BCUT2D eigenvalue weighted by molar-refractivity contribution is 0.616. The molecular formula is C14H22N2. The number of nitrogens with zero attached hydrogens (tertiary/aromatic N) is 1. The smallest absolute Gasteiger partial charge is 0.0634 e. The third kappa shape index (κ3) is 2.01. The fourth-order valence-corrected chi connectivity index (χ4v) is 2.50. The van der Waals surface area contributed by atoms with Crippen LogP contribution in [0.4, 0.5) is 11.4 Å². The van der Waals surface area contributed by atoms with Crippen LogP contribution in [-0.4, -0.2) is 20.1 Å². The van der Waals surface area contributed by atoms with Crippen molar-refractivity contribution < 1.29 is 0 Å². The Morgan fingerprint density at radius 2 is 2.12 bits per heavy atom. The highest BCUT2D eigenvalue weighted by atomic mass is 15.1. The molecule has 1 aromatic rings. The molecule has 1 aliphatic rings. The largest absolute Gasteiger partial charge is 0.383 e. The Morgan fingerprint density at radius 1 is 1.38 bits per heavy atom. The first-order valence-electron chi connectivity index (χ1n) is 6.17. The van der Waals surface area contributed by atoms with E-state index in [1.807, 2.05) is 0 Å². The molecule has 0 amide bonds. The number of para-hydroxylation sites is 1. The molecule has 2 rings (SSSR count). The first kappa shape index (κ1) is 11.3. The number of benzene rings is 1. The molecular weight excluding hydrogens is 196 g/mol. The Hall–Kier alpha value is -1.18. The van der Waals surface area contributed by atoms with Crippen molar-refractivity contribution in [1.29, 1.82) is 0 Å². The van der Waals surface area contributed by atoms with E-state index in [0.717, 1.165) is 13.1 Å². The van der Waals surface area contributed by atoms with E-state index in [2.05, 4.69) is 56.2 Å². The van der Waals surface area contributed by atoms with Crippen LogP contribution in [0.1, 0.15) is 32.3 Å². The van der Waals surface area contributed by atoms with Gasteiger partial charge in [0.1, 0.15) is 0 Å². The lowest BCUT2D eigenvalue weighted by Crippen LogP contribution is -2.24. The summed E-state index contributed by atoms with van der Waals surface area (Å²) >= 11 is 0.